The number of aliphatic carboxylic acids is 1. The smallest absolute Gasteiger partial charge is 0.416 e. The van der Waals surface area contributed by atoms with Gasteiger partial charge in [0.05, 0.1) is 11.5 Å². The second-order valence-corrected chi connectivity index (χ2v) is 6.80. The number of aromatic nitrogens is 1. The minimum atomic E-state index is -4.39. The summed E-state index contributed by atoms with van der Waals surface area (Å²) < 4.78 is 38.5. The molecule has 0 saturated carbocycles. The van der Waals surface area contributed by atoms with E-state index in [1.165, 1.54) is 0 Å². The van der Waals surface area contributed by atoms with E-state index in [9.17, 15) is 18.0 Å². The second kappa shape index (κ2) is 7.56. The van der Waals surface area contributed by atoms with Crippen molar-refractivity contribution >= 4 is 11.8 Å². The Hall–Kier alpha value is -2.61. The van der Waals surface area contributed by atoms with E-state index in [2.05, 4.69) is 9.88 Å². The number of rotatable bonds is 6. The lowest BCUT2D eigenvalue weighted by Gasteiger charge is -2.36. The topological polar surface area (TPSA) is 56.7 Å². The molecule has 2 aromatic rings. The van der Waals surface area contributed by atoms with Gasteiger partial charge in [-0.3, -0.25) is 9.69 Å². The fraction of sp³-hybridized carbons (Fsp3) is 0.368. The first-order valence-electron chi connectivity index (χ1n) is 8.50. The van der Waals surface area contributed by atoms with Crippen LogP contribution in [0.3, 0.4) is 0 Å². The molecule has 0 unspecified atom stereocenters. The summed E-state index contributed by atoms with van der Waals surface area (Å²) in [7, 11) is 1.70. The molecule has 1 saturated heterocycles. The summed E-state index contributed by atoms with van der Waals surface area (Å²) in [4.78, 5) is 18.6. The number of nitrogens with zero attached hydrogens (tertiary/aromatic N) is 3. The Morgan fingerprint density at radius 3 is 2.44 bits per heavy atom. The predicted molar refractivity (Wildman–Crippen MR) is 94.2 cm³/mol. The Kier molecular flexibility index (Phi) is 5.36. The molecule has 27 heavy (non-hydrogen) atoms. The fourth-order valence-electron chi connectivity index (χ4n) is 3.02. The van der Waals surface area contributed by atoms with E-state index in [1.54, 1.807) is 11.9 Å². The average molecular weight is 379 g/mol. The zero-order chi connectivity index (χ0) is 19.6. The van der Waals surface area contributed by atoms with E-state index in [4.69, 9.17) is 5.11 Å². The van der Waals surface area contributed by atoms with E-state index in [0.717, 1.165) is 29.5 Å². The van der Waals surface area contributed by atoms with Gasteiger partial charge in [0.15, 0.2) is 0 Å². The van der Waals surface area contributed by atoms with Crippen LogP contribution in [0.4, 0.5) is 19.0 Å². The molecule has 0 amide bonds. The van der Waals surface area contributed by atoms with Gasteiger partial charge in [-0.15, -0.1) is 0 Å². The van der Waals surface area contributed by atoms with E-state index >= 15 is 0 Å². The average Bonchev–Trinajstić information content (AvgIpc) is 2.58. The highest BCUT2D eigenvalue weighted by atomic mass is 19.4. The van der Waals surface area contributed by atoms with Crippen molar-refractivity contribution in [1.29, 1.82) is 0 Å². The normalized spacial score (nSPS) is 15.4. The lowest BCUT2D eigenvalue weighted by Crippen LogP contribution is -2.49. The Balaban J connectivity index is 1.57. The Morgan fingerprint density at radius 1 is 1.22 bits per heavy atom. The maximum Gasteiger partial charge on any atom is 0.416 e. The summed E-state index contributed by atoms with van der Waals surface area (Å²) >= 11 is 0. The number of alkyl halides is 3. The molecule has 5 nitrogen and oxygen atoms in total. The van der Waals surface area contributed by atoms with Gasteiger partial charge in [0.25, 0.3) is 0 Å². The Morgan fingerprint density at radius 2 is 1.85 bits per heavy atom. The van der Waals surface area contributed by atoms with Gasteiger partial charge in [-0.1, -0.05) is 24.3 Å². The first-order chi connectivity index (χ1) is 12.7. The Bertz CT molecular complexity index is 803. The van der Waals surface area contributed by atoms with Crippen LogP contribution in [-0.4, -0.2) is 41.1 Å². The minimum Gasteiger partial charge on any atom is -0.481 e. The van der Waals surface area contributed by atoms with Crippen LogP contribution in [0.1, 0.15) is 16.7 Å². The van der Waals surface area contributed by atoms with Crippen LogP contribution in [0, 0.1) is 5.92 Å². The monoisotopic (exact) mass is 379 g/mol. The maximum absolute atomic E-state index is 12.8. The van der Waals surface area contributed by atoms with Crippen LogP contribution in [-0.2, 0) is 24.1 Å². The molecule has 0 spiro atoms. The molecule has 1 aromatic carbocycles. The van der Waals surface area contributed by atoms with Crippen molar-refractivity contribution in [3.63, 3.8) is 0 Å². The number of carboxylic acid groups (broad SMARTS) is 1. The summed E-state index contributed by atoms with van der Waals surface area (Å²) in [6, 6.07) is 9.75. The van der Waals surface area contributed by atoms with Crippen LogP contribution in [0.5, 0.6) is 0 Å². The van der Waals surface area contributed by atoms with Crippen LogP contribution in [0.15, 0.2) is 42.6 Å². The first-order valence-corrected chi connectivity index (χ1v) is 8.50. The number of pyridine rings is 1. The summed E-state index contributed by atoms with van der Waals surface area (Å²) in [5, 5.41) is 8.89. The van der Waals surface area contributed by atoms with Gasteiger partial charge in [0, 0.05) is 39.4 Å². The van der Waals surface area contributed by atoms with Crippen LogP contribution in [0.2, 0.25) is 0 Å². The molecule has 1 aliphatic heterocycles. The third kappa shape index (κ3) is 4.77. The molecule has 1 aliphatic rings. The number of carboxylic acids is 1. The minimum absolute atomic E-state index is 0.259. The summed E-state index contributed by atoms with van der Waals surface area (Å²) in [5.74, 6) is -0.778. The molecule has 1 aromatic heterocycles. The predicted octanol–water partition coefficient (Wildman–Crippen LogP) is 3.25. The van der Waals surface area contributed by atoms with E-state index in [0.29, 0.717) is 26.2 Å². The molecule has 0 aliphatic carbocycles. The van der Waals surface area contributed by atoms with Crippen LogP contribution in [0.25, 0.3) is 0 Å². The van der Waals surface area contributed by atoms with Gasteiger partial charge >= 0.3 is 12.1 Å². The number of anilines is 1. The largest absolute Gasteiger partial charge is 0.481 e. The number of carbonyl (C=O) groups is 1. The number of halogens is 3. The summed E-state index contributed by atoms with van der Waals surface area (Å²) in [6.45, 7) is 2.23. The standard InChI is InChI=1S/C19H20F3N3O2/c1-24(17-8-16(6-7-23-17)19(20,21)22)9-13-2-4-14(5-3-13)10-25-11-15(12-25)18(26)27/h2-8,15H,9-12H2,1H3,(H,26,27). The van der Waals surface area contributed by atoms with Gasteiger partial charge in [0.2, 0.25) is 0 Å². The van der Waals surface area contributed by atoms with E-state index in [-0.39, 0.29) is 11.7 Å². The molecular formula is C19H20F3N3O2. The van der Waals surface area contributed by atoms with Gasteiger partial charge in [-0.25, -0.2) is 4.98 Å². The van der Waals surface area contributed by atoms with Crippen LogP contribution >= 0.6 is 0 Å². The van der Waals surface area contributed by atoms with Crippen molar-refractivity contribution in [2.24, 2.45) is 5.92 Å². The molecule has 1 N–H and O–H groups in total. The zero-order valence-corrected chi connectivity index (χ0v) is 14.8. The van der Waals surface area contributed by atoms with Gasteiger partial charge < -0.3 is 10.0 Å². The molecular weight excluding hydrogens is 359 g/mol. The van der Waals surface area contributed by atoms with Gasteiger partial charge in [-0.2, -0.15) is 13.2 Å². The molecule has 0 bridgehead atoms. The van der Waals surface area contributed by atoms with Gasteiger partial charge in [-0.05, 0) is 23.3 Å². The van der Waals surface area contributed by atoms with Crippen molar-refractivity contribution in [2.45, 2.75) is 19.3 Å². The molecule has 0 radical (unpaired) electrons. The van der Waals surface area contributed by atoms with Crippen molar-refractivity contribution in [3.8, 4) is 0 Å². The van der Waals surface area contributed by atoms with Gasteiger partial charge in [0.1, 0.15) is 5.82 Å². The molecule has 144 valence electrons. The lowest BCUT2D eigenvalue weighted by atomic mass is 9.99. The number of hydrogen-bond acceptors (Lipinski definition) is 4. The summed E-state index contributed by atoms with van der Waals surface area (Å²) in [5.41, 5.74) is 1.30. The number of likely N-dealkylation sites (tertiary alicyclic amines) is 1. The van der Waals surface area contributed by atoms with Crippen LogP contribution < -0.4 is 4.90 Å². The second-order valence-electron chi connectivity index (χ2n) is 6.80. The van der Waals surface area contributed by atoms with Crippen molar-refractivity contribution in [1.82, 2.24) is 9.88 Å². The van der Waals surface area contributed by atoms with Crippen molar-refractivity contribution < 1.29 is 23.1 Å². The highest BCUT2D eigenvalue weighted by Crippen LogP contribution is 2.30. The fourth-order valence-corrected chi connectivity index (χ4v) is 3.02. The molecule has 2 heterocycles. The maximum atomic E-state index is 12.8. The molecule has 8 heteroatoms. The summed E-state index contributed by atoms with van der Waals surface area (Å²) in [6.07, 6.45) is -3.23. The number of hydrogen-bond donors (Lipinski definition) is 1. The van der Waals surface area contributed by atoms with E-state index in [1.807, 2.05) is 24.3 Å². The quantitative estimate of drug-likeness (QED) is 0.835. The highest BCUT2D eigenvalue weighted by Gasteiger charge is 2.32. The molecule has 1 fully saturated rings. The highest BCUT2D eigenvalue weighted by molar-refractivity contribution is 5.71. The Labute approximate surface area is 155 Å². The van der Waals surface area contributed by atoms with Crippen molar-refractivity contribution in [2.75, 3.05) is 25.0 Å². The lowest BCUT2D eigenvalue weighted by molar-refractivity contribution is -0.147. The third-order valence-electron chi connectivity index (χ3n) is 4.62. The van der Waals surface area contributed by atoms with Crippen molar-refractivity contribution in [3.05, 3.63) is 59.3 Å². The molecule has 0 atom stereocenters. The first kappa shape index (κ1) is 19.2. The number of benzene rings is 1. The zero-order valence-electron chi connectivity index (χ0n) is 14.8. The van der Waals surface area contributed by atoms with E-state index < -0.39 is 17.7 Å². The third-order valence-corrected chi connectivity index (χ3v) is 4.62. The molecule has 3 rings (SSSR count). The SMILES string of the molecule is CN(Cc1ccc(CN2CC(C(=O)O)C2)cc1)c1cc(C(F)(F)F)ccn1.